The van der Waals surface area contributed by atoms with E-state index in [1.807, 2.05) is 6.92 Å². The summed E-state index contributed by atoms with van der Waals surface area (Å²) in [5.74, 6) is 0.352. The maximum atomic E-state index is 10.0. The fraction of sp³-hybridized carbons (Fsp3) is 0.571. The Bertz CT molecular complexity index is 156. The van der Waals surface area contributed by atoms with E-state index in [9.17, 15) is 4.79 Å². The molecule has 1 rings (SSSR count). The van der Waals surface area contributed by atoms with Crippen LogP contribution >= 0.6 is 0 Å². The Balaban J connectivity index is 2.48. The van der Waals surface area contributed by atoms with E-state index in [-0.39, 0.29) is 6.04 Å². The summed E-state index contributed by atoms with van der Waals surface area (Å²) < 4.78 is 0. The van der Waals surface area contributed by atoms with Crippen LogP contribution in [0.1, 0.15) is 6.92 Å². The lowest BCUT2D eigenvalue weighted by atomic mass is 10.0. The first-order chi connectivity index (χ1) is 4.75. The molecule has 56 valence electrons. The molecule has 1 aliphatic rings. The van der Waals surface area contributed by atoms with Gasteiger partial charge in [0.05, 0.1) is 6.04 Å². The highest BCUT2D eigenvalue weighted by Crippen LogP contribution is 2.15. The molecule has 1 aliphatic heterocycles. The van der Waals surface area contributed by atoms with Gasteiger partial charge in [0.1, 0.15) is 0 Å². The molecule has 3 nitrogen and oxygen atoms in total. The van der Waals surface area contributed by atoms with Crippen molar-refractivity contribution in [2.75, 3.05) is 6.54 Å². The number of hydrogen-bond acceptors (Lipinski definition) is 2. The standard InChI is InChI=1S/C7H12N2O/c1-5-6(2)8-3-7(5)9-4-10/h4-5,7-8H,2-3H2,1H3,(H,9,10). The summed E-state index contributed by atoms with van der Waals surface area (Å²) in [7, 11) is 0. The molecule has 1 amide bonds. The topological polar surface area (TPSA) is 41.1 Å². The van der Waals surface area contributed by atoms with Crippen molar-refractivity contribution in [2.24, 2.45) is 5.92 Å². The fourth-order valence-electron chi connectivity index (χ4n) is 1.11. The van der Waals surface area contributed by atoms with E-state index in [4.69, 9.17) is 0 Å². The first kappa shape index (κ1) is 7.12. The zero-order valence-corrected chi connectivity index (χ0v) is 6.05. The molecule has 0 saturated carbocycles. The SMILES string of the molecule is C=C1NCC(NC=O)C1C. The molecule has 2 unspecified atom stereocenters. The highest BCUT2D eigenvalue weighted by Gasteiger charge is 2.25. The predicted molar refractivity (Wildman–Crippen MR) is 39.3 cm³/mol. The summed E-state index contributed by atoms with van der Waals surface area (Å²) in [4.78, 5) is 10.0. The number of amides is 1. The van der Waals surface area contributed by atoms with Crippen LogP contribution in [0.2, 0.25) is 0 Å². The molecule has 0 radical (unpaired) electrons. The van der Waals surface area contributed by atoms with E-state index in [0.717, 1.165) is 18.7 Å². The van der Waals surface area contributed by atoms with Gasteiger partial charge < -0.3 is 10.6 Å². The molecule has 0 spiro atoms. The summed E-state index contributed by atoms with van der Waals surface area (Å²) in [5, 5.41) is 5.81. The van der Waals surface area contributed by atoms with E-state index in [0.29, 0.717) is 5.92 Å². The zero-order valence-electron chi connectivity index (χ0n) is 6.05. The van der Waals surface area contributed by atoms with Crippen molar-refractivity contribution in [2.45, 2.75) is 13.0 Å². The third-order valence-electron chi connectivity index (χ3n) is 1.98. The van der Waals surface area contributed by atoms with Crippen LogP contribution in [0.4, 0.5) is 0 Å². The normalized spacial score (nSPS) is 31.5. The minimum Gasteiger partial charge on any atom is -0.386 e. The summed E-state index contributed by atoms with van der Waals surface area (Å²) in [6.07, 6.45) is 0.738. The van der Waals surface area contributed by atoms with Crippen LogP contribution in [0, 0.1) is 5.92 Å². The number of carbonyl (C=O) groups excluding carboxylic acids is 1. The van der Waals surface area contributed by atoms with Crippen LogP contribution < -0.4 is 10.6 Å². The average molecular weight is 140 g/mol. The summed E-state index contributed by atoms with van der Waals surface area (Å²) >= 11 is 0. The predicted octanol–water partition coefficient (Wildman–Crippen LogP) is -0.146. The van der Waals surface area contributed by atoms with Gasteiger partial charge in [0.2, 0.25) is 6.41 Å². The Hall–Kier alpha value is -0.990. The third kappa shape index (κ3) is 1.12. The van der Waals surface area contributed by atoms with Gasteiger partial charge in [-0.1, -0.05) is 13.5 Å². The van der Waals surface area contributed by atoms with Gasteiger partial charge in [0.25, 0.3) is 0 Å². The minimum absolute atomic E-state index is 0.227. The number of carbonyl (C=O) groups is 1. The van der Waals surface area contributed by atoms with Gasteiger partial charge in [0.15, 0.2) is 0 Å². The van der Waals surface area contributed by atoms with Gasteiger partial charge >= 0.3 is 0 Å². The van der Waals surface area contributed by atoms with Gasteiger partial charge in [-0.05, 0) is 0 Å². The molecule has 0 bridgehead atoms. The Morgan fingerprint density at radius 3 is 3.00 bits per heavy atom. The van der Waals surface area contributed by atoms with Gasteiger partial charge in [0, 0.05) is 18.2 Å². The van der Waals surface area contributed by atoms with Crippen LogP contribution in [0.25, 0.3) is 0 Å². The van der Waals surface area contributed by atoms with E-state index in [1.54, 1.807) is 0 Å². The van der Waals surface area contributed by atoms with E-state index >= 15 is 0 Å². The second kappa shape index (κ2) is 2.73. The highest BCUT2D eigenvalue weighted by atomic mass is 16.1. The van der Waals surface area contributed by atoms with Crippen molar-refractivity contribution in [1.29, 1.82) is 0 Å². The third-order valence-corrected chi connectivity index (χ3v) is 1.98. The Labute approximate surface area is 60.5 Å². The lowest BCUT2D eigenvalue weighted by Crippen LogP contribution is -2.33. The quantitative estimate of drug-likeness (QED) is 0.524. The van der Waals surface area contributed by atoms with Crippen molar-refractivity contribution in [3.63, 3.8) is 0 Å². The summed E-state index contributed by atoms with van der Waals surface area (Å²) in [6, 6.07) is 0.227. The van der Waals surface area contributed by atoms with E-state index in [1.165, 1.54) is 0 Å². The maximum Gasteiger partial charge on any atom is 0.207 e. The Kier molecular flexibility index (Phi) is 1.94. The molecular weight excluding hydrogens is 128 g/mol. The van der Waals surface area contributed by atoms with Gasteiger partial charge in [-0.25, -0.2) is 0 Å². The molecule has 0 aromatic rings. The Morgan fingerprint density at radius 2 is 2.60 bits per heavy atom. The van der Waals surface area contributed by atoms with Crippen molar-refractivity contribution in [1.82, 2.24) is 10.6 Å². The van der Waals surface area contributed by atoms with Gasteiger partial charge in [-0.2, -0.15) is 0 Å². The van der Waals surface area contributed by atoms with Crippen molar-refractivity contribution in [3.05, 3.63) is 12.3 Å². The molecule has 2 N–H and O–H groups in total. The average Bonchev–Trinajstić information content (AvgIpc) is 2.20. The monoisotopic (exact) mass is 140 g/mol. The zero-order chi connectivity index (χ0) is 7.56. The van der Waals surface area contributed by atoms with Gasteiger partial charge in [-0.3, -0.25) is 4.79 Å². The molecule has 1 heterocycles. The number of rotatable bonds is 2. The van der Waals surface area contributed by atoms with E-state index < -0.39 is 0 Å². The second-order valence-corrected chi connectivity index (χ2v) is 2.59. The van der Waals surface area contributed by atoms with Crippen molar-refractivity contribution >= 4 is 6.41 Å². The van der Waals surface area contributed by atoms with E-state index in [2.05, 4.69) is 17.2 Å². The molecule has 0 aliphatic carbocycles. The smallest absolute Gasteiger partial charge is 0.207 e. The van der Waals surface area contributed by atoms with Crippen LogP contribution in [0.15, 0.2) is 12.3 Å². The largest absolute Gasteiger partial charge is 0.386 e. The van der Waals surface area contributed by atoms with Crippen molar-refractivity contribution < 1.29 is 4.79 Å². The number of nitrogens with one attached hydrogen (secondary N) is 2. The van der Waals surface area contributed by atoms with Crippen LogP contribution in [0.5, 0.6) is 0 Å². The molecule has 2 atom stereocenters. The van der Waals surface area contributed by atoms with Crippen LogP contribution in [-0.4, -0.2) is 19.0 Å². The maximum absolute atomic E-state index is 10.0. The van der Waals surface area contributed by atoms with Crippen molar-refractivity contribution in [3.8, 4) is 0 Å². The summed E-state index contributed by atoms with van der Waals surface area (Å²) in [5.41, 5.74) is 1.01. The molecule has 0 aromatic heterocycles. The molecular formula is C7H12N2O. The molecule has 1 saturated heterocycles. The molecule has 1 fully saturated rings. The van der Waals surface area contributed by atoms with Gasteiger partial charge in [-0.15, -0.1) is 0 Å². The lowest BCUT2D eigenvalue weighted by molar-refractivity contribution is -0.110. The number of hydrogen-bond donors (Lipinski definition) is 2. The molecule has 0 aromatic carbocycles. The summed E-state index contributed by atoms with van der Waals surface area (Å²) in [6.45, 7) is 6.65. The molecule has 3 heteroatoms. The first-order valence-electron chi connectivity index (χ1n) is 3.38. The fourth-order valence-corrected chi connectivity index (χ4v) is 1.11. The van der Waals surface area contributed by atoms with Crippen LogP contribution in [0.3, 0.4) is 0 Å². The Morgan fingerprint density at radius 1 is 1.90 bits per heavy atom. The second-order valence-electron chi connectivity index (χ2n) is 2.59. The van der Waals surface area contributed by atoms with Crippen LogP contribution in [-0.2, 0) is 4.79 Å². The molecule has 10 heavy (non-hydrogen) atoms. The minimum atomic E-state index is 0.227. The first-order valence-corrected chi connectivity index (χ1v) is 3.38. The lowest BCUT2D eigenvalue weighted by Gasteiger charge is -2.11. The highest BCUT2D eigenvalue weighted by molar-refractivity contribution is 5.47.